The second-order valence-corrected chi connectivity index (χ2v) is 4.08. The second kappa shape index (κ2) is 1.51. The molecule has 2 fully saturated rings. The van der Waals surface area contributed by atoms with Gasteiger partial charge in [-0.05, 0) is 24.2 Å². The molecule has 2 unspecified atom stereocenters. The van der Waals surface area contributed by atoms with Crippen LogP contribution in [-0.4, -0.2) is 12.7 Å². The Balaban J connectivity index is 2.18. The summed E-state index contributed by atoms with van der Waals surface area (Å²) in [4.78, 5) is 0. The van der Waals surface area contributed by atoms with E-state index in [2.05, 4.69) is 13.8 Å². The van der Waals surface area contributed by atoms with Gasteiger partial charge in [0.15, 0.2) is 0 Å². The van der Waals surface area contributed by atoms with Gasteiger partial charge in [0, 0.05) is 0 Å². The lowest BCUT2D eigenvalue weighted by molar-refractivity contribution is 0.0222. The molecular weight excluding hydrogens is 112 g/mol. The molecule has 0 aromatic heterocycles. The van der Waals surface area contributed by atoms with E-state index in [1.807, 2.05) is 0 Å². The molecule has 0 aromatic carbocycles. The molecule has 0 spiro atoms. The van der Waals surface area contributed by atoms with Gasteiger partial charge in [-0.3, -0.25) is 0 Å². The number of rotatable bonds is 0. The first-order valence-electron chi connectivity index (χ1n) is 3.80. The van der Waals surface area contributed by atoms with Gasteiger partial charge in [-0.1, -0.05) is 13.8 Å². The SMILES string of the molecule is CC1(C)CC2CC1CO2. The molecule has 2 rings (SSSR count). The zero-order valence-electron chi connectivity index (χ0n) is 6.18. The maximum absolute atomic E-state index is 5.49. The zero-order chi connectivity index (χ0) is 6.48. The van der Waals surface area contributed by atoms with Crippen LogP contribution < -0.4 is 0 Å². The van der Waals surface area contributed by atoms with Crippen LogP contribution in [0.5, 0.6) is 0 Å². The van der Waals surface area contributed by atoms with Crippen LogP contribution in [0, 0.1) is 11.3 Å². The number of fused-ring (bicyclic) bond motifs is 2. The molecule has 0 aromatic rings. The Bertz CT molecular complexity index is 129. The van der Waals surface area contributed by atoms with E-state index in [1.54, 1.807) is 0 Å². The number of hydrogen-bond acceptors (Lipinski definition) is 1. The molecule has 1 heteroatoms. The van der Waals surface area contributed by atoms with Crippen molar-refractivity contribution in [2.75, 3.05) is 6.61 Å². The molecule has 9 heavy (non-hydrogen) atoms. The monoisotopic (exact) mass is 126 g/mol. The van der Waals surface area contributed by atoms with Gasteiger partial charge in [0.05, 0.1) is 12.7 Å². The summed E-state index contributed by atoms with van der Waals surface area (Å²) in [7, 11) is 0. The third-order valence-corrected chi connectivity index (χ3v) is 2.94. The molecule has 1 heterocycles. The van der Waals surface area contributed by atoms with Gasteiger partial charge in [0.2, 0.25) is 0 Å². The molecule has 0 amide bonds. The first-order valence-corrected chi connectivity index (χ1v) is 3.80. The van der Waals surface area contributed by atoms with E-state index in [0.717, 1.165) is 12.5 Å². The predicted octanol–water partition coefficient (Wildman–Crippen LogP) is 1.82. The Kier molecular flexibility index (Phi) is 0.963. The molecule has 1 aliphatic heterocycles. The molecule has 2 aliphatic rings. The van der Waals surface area contributed by atoms with Crippen molar-refractivity contribution in [3.8, 4) is 0 Å². The van der Waals surface area contributed by atoms with Crippen LogP contribution >= 0.6 is 0 Å². The van der Waals surface area contributed by atoms with Crippen LogP contribution in [0.4, 0.5) is 0 Å². The first-order chi connectivity index (χ1) is 4.18. The summed E-state index contributed by atoms with van der Waals surface area (Å²) >= 11 is 0. The minimum Gasteiger partial charge on any atom is -0.378 e. The highest BCUT2D eigenvalue weighted by Gasteiger charge is 2.45. The maximum atomic E-state index is 5.49. The van der Waals surface area contributed by atoms with Crippen molar-refractivity contribution in [1.29, 1.82) is 0 Å². The highest BCUT2D eigenvalue weighted by molar-refractivity contribution is 4.94. The van der Waals surface area contributed by atoms with Crippen LogP contribution in [0.2, 0.25) is 0 Å². The van der Waals surface area contributed by atoms with Gasteiger partial charge in [-0.2, -0.15) is 0 Å². The van der Waals surface area contributed by atoms with E-state index in [9.17, 15) is 0 Å². The van der Waals surface area contributed by atoms with Crippen LogP contribution in [0.1, 0.15) is 26.7 Å². The summed E-state index contributed by atoms with van der Waals surface area (Å²) in [6.45, 7) is 5.75. The first kappa shape index (κ1) is 5.72. The lowest BCUT2D eigenvalue weighted by Gasteiger charge is -2.28. The Labute approximate surface area is 56.4 Å². The second-order valence-electron chi connectivity index (χ2n) is 4.08. The summed E-state index contributed by atoms with van der Waals surface area (Å²) in [5.74, 6) is 0.863. The Morgan fingerprint density at radius 2 is 2.22 bits per heavy atom. The molecule has 1 nitrogen and oxygen atoms in total. The Morgan fingerprint density at radius 3 is 2.44 bits per heavy atom. The Morgan fingerprint density at radius 1 is 1.44 bits per heavy atom. The minimum atomic E-state index is 0.586. The molecule has 0 radical (unpaired) electrons. The predicted molar refractivity (Wildman–Crippen MR) is 36.2 cm³/mol. The van der Waals surface area contributed by atoms with Gasteiger partial charge >= 0.3 is 0 Å². The van der Waals surface area contributed by atoms with Crippen LogP contribution in [-0.2, 0) is 4.74 Å². The largest absolute Gasteiger partial charge is 0.378 e. The fourth-order valence-electron chi connectivity index (χ4n) is 2.15. The minimum absolute atomic E-state index is 0.586. The van der Waals surface area contributed by atoms with Crippen molar-refractivity contribution in [2.24, 2.45) is 11.3 Å². The van der Waals surface area contributed by atoms with E-state index in [0.29, 0.717) is 11.5 Å². The molecule has 1 aliphatic carbocycles. The lowest BCUT2D eigenvalue weighted by Crippen LogP contribution is -2.25. The van der Waals surface area contributed by atoms with Gasteiger partial charge in [0.25, 0.3) is 0 Å². The molecule has 1 saturated carbocycles. The van der Waals surface area contributed by atoms with E-state index in [4.69, 9.17) is 4.74 Å². The highest BCUT2D eigenvalue weighted by Crippen LogP contribution is 2.48. The third-order valence-electron chi connectivity index (χ3n) is 2.94. The van der Waals surface area contributed by atoms with Gasteiger partial charge < -0.3 is 4.74 Å². The van der Waals surface area contributed by atoms with Crippen molar-refractivity contribution in [2.45, 2.75) is 32.8 Å². The Hall–Kier alpha value is -0.0400. The lowest BCUT2D eigenvalue weighted by atomic mass is 9.82. The van der Waals surface area contributed by atoms with Crippen molar-refractivity contribution in [1.82, 2.24) is 0 Å². The molecule has 0 N–H and O–H groups in total. The summed E-state index contributed by atoms with van der Waals surface area (Å²) in [6.07, 6.45) is 3.23. The average Bonchev–Trinajstić information content (AvgIpc) is 2.19. The van der Waals surface area contributed by atoms with E-state index >= 15 is 0 Å². The van der Waals surface area contributed by atoms with E-state index in [-0.39, 0.29) is 0 Å². The van der Waals surface area contributed by atoms with Crippen molar-refractivity contribution < 1.29 is 4.74 Å². The third kappa shape index (κ3) is 0.710. The van der Waals surface area contributed by atoms with Gasteiger partial charge in [0.1, 0.15) is 0 Å². The topological polar surface area (TPSA) is 9.23 Å². The van der Waals surface area contributed by atoms with Crippen molar-refractivity contribution in [3.63, 3.8) is 0 Å². The summed E-state index contributed by atoms with van der Waals surface area (Å²) in [5, 5.41) is 0. The maximum Gasteiger partial charge on any atom is 0.0584 e. The quantitative estimate of drug-likeness (QED) is 0.481. The molecule has 1 saturated heterocycles. The molecule has 2 bridgehead atoms. The smallest absolute Gasteiger partial charge is 0.0584 e. The highest BCUT2D eigenvalue weighted by atomic mass is 16.5. The van der Waals surface area contributed by atoms with Gasteiger partial charge in [-0.15, -0.1) is 0 Å². The van der Waals surface area contributed by atoms with Crippen LogP contribution in [0.3, 0.4) is 0 Å². The van der Waals surface area contributed by atoms with Crippen LogP contribution in [0.25, 0.3) is 0 Å². The van der Waals surface area contributed by atoms with Crippen LogP contribution in [0.15, 0.2) is 0 Å². The summed E-state index contributed by atoms with van der Waals surface area (Å²) < 4.78 is 5.49. The number of hydrogen-bond donors (Lipinski definition) is 0. The molecular formula is C8H14O. The normalized spacial score (nSPS) is 46.0. The molecule has 52 valence electrons. The summed E-state index contributed by atoms with van der Waals surface area (Å²) in [6, 6.07) is 0. The van der Waals surface area contributed by atoms with Gasteiger partial charge in [-0.25, -0.2) is 0 Å². The molecule has 2 atom stereocenters. The number of ether oxygens (including phenoxy) is 1. The summed E-state index contributed by atoms with van der Waals surface area (Å²) in [5.41, 5.74) is 0.586. The fraction of sp³-hybridized carbons (Fsp3) is 1.00. The van der Waals surface area contributed by atoms with Crippen molar-refractivity contribution in [3.05, 3.63) is 0 Å². The zero-order valence-corrected chi connectivity index (χ0v) is 6.18. The fourth-order valence-corrected chi connectivity index (χ4v) is 2.15. The van der Waals surface area contributed by atoms with E-state index < -0.39 is 0 Å². The average molecular weight is 126 g/mol. The van der Waals surface area contributed by atoms with Crippen molar-refractivity contribution >= 4 is 0 Å². The van der Waals surface area contributed by atoms with E-state index in [1.165, 1.54) is 12.8 Å². The standard InChI is InChI=1S/C8H14O/c1-8(2)4-7-3-6(8)5-9-7/h6-7H,3-5H2,1-2H3.